The number of benzene rings is 1. The van der Waals surface area contributed by atoms with Crippen LogP contribution >= 0.6 is 23.2 Å². The number of nitrogens with one attached hydrogen (secondary N) is 1. The lowest BCUT2D eigenvalue weighted by Gasteiger charge is -2.30. The Morgan fingerprint density at radius 3 is 2.55 bits per heavy atom. The molecule has 1 aliphatic carbocycles. The van der Waals surface area contributed by atoms with Crippen LogP contribution in [0.15, 0.2) is 29.5 Å². The zero-order valence-electron chi connectivity index (χ0n) is 11.3. The summed E-state index contributed by atoms with van der Waals surface area (Å²) in [4.78, 5) is 12.0. The van der Waals surface area contributed by atoms with Gasteiger partial charge in [-0.15, -0.1) is 0 Å². The molecular formula is C15H14Cl2N2O. The van der Waals surface area contributed by atoms with Crippen molar-refractivity contribution in [2.45, 2.75) is 26.7 Å². The number of carbonyl (C=O) groups is 1. The van der Waals surface area contributed by atoms with Gasteiger partial charge >= 0.3 is 0 Å². The number of nitrogens with zero attached hydrogens (tertiary/aromatic N) is 1. The van der Waals surface area contributed by atoms with Crippen LogP contribution in [-0.4, -0.2) is 5.78 Å². The smallest absolute Gasteiger partial charge is 0.175 e. The molecule has 0 amide bonds. The largest absolute Gasteiger partial charge is 0.358 e. The van der Waals surface area contributed by atoms with Crippen molar-refractivity contribution in [1.29, 1.82) is 5.26 Å². The van der Waals surface area contributed by atoms with Crippen molar-refractivity contribution in [3.05, 3.63) is 39.5 Å². The van der Waals surface area contributed by atoms with Crippen LogP contribution in [0.3, 0.4) is 0 Å². The summed E-state index contributed by atoms with van der Waals surface area (Å²) in [6, 6.07) is 7.12. The van der Waals surface area contributed by atoms with E-state index in [0.29, 0.717) is 34.3 Å². The highest BCUT2D eigenvalue weighted by atomic mass is 35.5. The van der Waals surface area contributed by atoms with E-state index >= 15 is 0 Å². The van der Waals surface area contributed by atoms with E-state index in [1.807, 2.05) is 19.9 Å². The number of Topliss-reactive ketones (excluding diaryl/α,β-unsaturated/α-hetero) is 1. The van der Waals surface area contributed by atoms with Crippen LogP contribution in [0.5, 0.6) is 0 Å². The molecule has 0 spiro atoms. The fourth-order valence-electron chi connectivity index (χ4n) is 2.31. The summed E-state index contributed by atoms with van der Waals surface area (Å²) in [5, 5.41) is 13.2. The number of hydrogen-bond donors (Lipinski definition) is 1. The Bertz CT molecular complexity index is 642. The molecule has 0 atom stereocenters. The van der Waals surface area contributed by atoms with Gasteiger partial charge in [-0.25, -0.2) is 0 Å². The van der Waals surface area contributed by atoms with Crippen LogP contribution in [0.25, 0.3) is 0 Å². The third-order valence-electron chi connectivity index (χ3n) is 3.20. The summed E-state index contributed by atoms with van der Waals surface area (Å²) in [5.41, 5.74) is 1.41. The number of halogens is 2. The second kappa shape index (κ2) is 5.47. The average Bonchev–Trinajstić information content (AvgIpc) is 2.32. The van der Waals surface area contributed by atoms with Crippen molar-refractivity contribution in [3.63, 3.8) is 0 Å². The van der Waals surface area contributed by atoms with Gasteiger partial charge in [-0.1, -0.05) is 37.0 Å². The maximum atomic E-state index is 12.0. The van der Waals surface area contributed by atoms with Crippen LogP contribution in [0.4, 0.5) is 5.69 Å². The van der Waals surface area contributed by atoms with Crippen LogP contribution in [0.1, 0.15) is 26.7 Å². The molecule has 0 unspecified atom stereocenters. The second-order valence-electron chi connectivity index (χ2n) is 5.66. The Hall–Kier alpha value is -1.50. The molecule has 0 saturated carbocycles. The third kappa shape index (κ3) is 3.15. The van der Waals surface area contributed by atoms with Crippen molar-refractivity contribution >= 4 is 34.7 Å². The van der Waals surface area contributed by atoms with Crippen LogP contribution in [0.2, 0.25) is 10.0 Å². The fourth-order valence-corrected chi connectivity index (χ4v) is 2.60. The van der Waals surface area contributed by atoms with Crippen LogP contribution in [-0.2, 0) is 4.79 Å². The van der Waals surface area contributed by atoms with E-state index in [1.165, 1.54) is 0 Å². The minimum atomic E-state index is -0.157. The van der Waals surface area contributed by atoms with Crippen molar-refractivity contribution < 1.29 is 4.79 Å². The average molecular weight is 309 g/mol. The van der Waals surface area contributed by atoms with E-state index in [9.17, 15) is 4.79 Å². The molecule has 0 aliphatic heterocycles. The number of rotatable bonds is 2. The molecule has 2 rings (SSSR count). The van der Waals surface area contributed by atoms with Gasteiger partial charge in [0.15, 0.2) is 5.78 Å². The summed E-state index contributed by atoms with van der Waals surface area (Å²) in [6.45, 7) is 4.02. The van der Waals surface area contributed by atoms with Gasteiger partial charge in [0, 0.05) is 17.8 Å². The molecule has 0 bridgehead atoms. The van der Waals surface area contributed by atoms with E-state index in [4.69, 9.17) is 28.5 Å². The van der Waals surface area contributed by atoms with E-state index in [0.717, 1.165) is 0 Å². The maximum absolute atomic E-state index is 12.0. The van der Waals surface area contributed by atoms with Crippen molar-refractivity contribution in [3.8, 4) is 6.07 Å². The van der Waals surface area contributed by atoms with Gasteiger partial charge in [0.1, 0.15) is 11.6 Å². The fraction of sp³-hybridized carbons (Fsp3) is 0.333. The summed E-state index contributed by atoms with van der Waals surface area (Å²) in [6.07, 6.45) is 1.03. The first-order chi connectivity index (χ1) is 9.32. The molecule has 0 fully saturated rings. The summed E-state index contributed by atoms with van der Waals surface area (Å²) in [5.74, 6) is -0.119. The first-order valence-electron chi connectivity index (χ1n) is 6.21. The minimum absolute atomic E-state index is 0.119. The lowest BCUT2D eigenvalue weighted by Crippen LogP contribution is -2.28. The van der Waals surface area contributed by atoms with Crippen LogP contribution in [0, 0.1) is 16.7 Å². The predicted molar refractivity (Wildman–Crippen MR) is 80.7 cm³/mol. The minimum Gasteiger partial charge on any atom is -0.358 e. The molecule has 104 valence electrons. The Kier molecular flexibility index (Phi) is 4.08. The SMILES string of the molecule is CC1(C)CC(=O)C(C#N)=C(Nc2ccc(Cl)c(Cl)c2)C1. The monoisotopic (exact) mass is 308 g/mol. The van der Waals surface area contributed by atoms with Crippen molar-refractivity contribution in [1.82, 2.24) is 0 Å². The van der Waals surface area contributed by atoms with Gasteiger partial charge in [-0.05, 0) is 30.0 Å². The van der Waals surface area contributed by atoms with E-state index < -0.39 is 0 Å². The number of nitriles is 1. The van der Waals surface area contributed by atoms with Gasteiger partial charge in [-0.2, -0.15) is 5.26 Å². The number of allylic oxidation sites excluding steroid dienone is 2. The van der Waals surface area contributed by atoms with Gasteiger partial charge in [0.05, 0.1) is 10.0 Å². The Morgan fingerprint density at radius 2 is 1.95 bits per heavy atom. The molecule has 1 N–H and O–H groups in total. The highest BCUT2D eigenvalue weighted by molar-refractivity contribution is 6.42. The molecule has 0 heterocycles. The first-order valence-corrected chi connectivity index (χ1v) is 6.96. The molecular weight excluding hydrogens is 295 g/mol. The number of carbonyl (C=O) groups excluding carboxylic acids is 1. The molecule has 20 heavy (non-hydrogen) atoms. The standard InChI is InChI=1S/C15H14Cl2N2O/c1-15(2)6-13(10(8-18)14(20)7-15)19-9-3-4-11(16)12(17)5-9/h3-5,19H,6-7H2,1-2H3. The van der Waals surface area contributed by atoms with Crippen LogP contribution < -0.4 is 5.32 Å². The molecule has 1 aliphatic rings. The van der Waals surface area contributed by atoms with Gasteiger partial charge in [0.25, 0.3) is 0 Å². The van der Waals surface area contributed by atoms with E-state index in [-0.39, 0.29) is 16.8 Å². The predicted octanol–water partition coefficient (Wildman–Crippen LogP) is 4.57. The number of hydrogen-bond acceptors (Lipinski definition) is 3. The highest BCUT2D eigenvalue weighted by Gasteiger charge is 2.33. The Morgan fingerprint density at radius 1 is 1.25 bits per heavy atom. The molecule has 0 saturated heterocycles. The Balaban J connectivity index is 2.36. The summed E-state index contributed by atoms with van der Waals surface area (Å²) < 4.78 is 0. The lowest BCUT2D eigenvalue weighted by molar-refractivity contribution is -0.117. The van der Waals surface area contributed by atoms with Crippen molar-refractivity contribution in [2.75, 3.05) is 5.32 Å². The van der Waals surface area contributed by atoms with E-state index in [1.54, 1.807) is 18.2 Å². The Labute approximate surface area is 128 Å². The topological polar surface area (TPSA) is 52.9 Å². The highest BCUT2D eigenvalue weighted by Crippen LogP contribution is 2.37. The second-order valence-corrected chi connectivity index (χ2v) is 6.47. The number of ketones is 1. The lowest BCUT2D eigenvalue weighted by atomic mass is 9.76. The third-order valence-corrected chi connectivity index (χ3v) is 3.94. The molecule has 1 aromatic rings. The maximum Gasteiger partial charge on any atom is 0.175 e. The quantitative estimate of drug-likeness (QED) is 0.870. The summed E-state index contributed by atoms with van der Waals surface area (Å²) in [7, 11) is 0. The van der Waals surface area contributed by atoms with Crippen molar-refractivity contribution in [2.24, 2.45) is 5.41 Å². The van der Waals surface area contributed by atoms with Gasteiger partial charge in [0.2, 0.25) is 0 Å². The molecule has 5 heteroatoms. The van der Waals surface area contributed by atoms with Gasteiger partial charge < -0.3 is 5.32 Å². The zero-order valence-corrected chi connectivity index (χ0v) is 12.8. The molecule has 0 radical (unpaired) electrons. The van der Waals surface area contributed by atoms with Gasteiger partial charge in [-0.3, -0.25) is 4.79 Å². The molecule has 0 aromatic heterocycles. The van der Waals surface area contributed by atoms with E-state index in [2.05, 4.69) is 5.32 Å². The summed E-state index contributed by atoms with van der Waals surface area (Å²) >= 11 is 11.8. The molecule has 1 aromatic carbocycles. The zero-order chi connectivity index (χ0) is 14.9. The number of anilines is 1. The molecule has 3 nitrogen and oxygen atoms in total. The first kappa shape index (κ1) is 14.9. The normalized spacial score (nSPS) is 17.9.